The highest BCUT2D eigenvalue weighted by molar-refractivity contribution is 6.09. The lowest BCUT2D eigenvalue weighted by molar-refractivity contribution is 0.206. The summed E-state index contributed by atoms with van der Waals surface area (Å²) in [6.07, 6.45) is 4.12. The molecular weight excluding hydrogens is 356 g/mol. The van der Waals surface area contributed by atoms with Crippen molar-refractivity contribution in [2.45, 2.75) is 44.8 Å². The number of rotatable bonds is 2. The number of nitrogens with one attached hydrogen (secondary N) is 3. The van der Waals surface area contributed by atoms with E-state index in [1.165, 1.54) is 0 Å². The molecule has 1 unspecified atom stereocenters. The van der Waals surface area contributed by atoms with E-state index in [0.717, 1.165) is 29.5 Å². The van der Waals surface area contributed by atoms with Crippen LogP contribution in [0.3, 0.4) is 0 Å². The minimum Gasteiger partial charge on any atom is -0.467 e. The second-order valence-corrected chi connectivity index (χ2v) is 8.27. The highest BCUT2D eigenvalue weighted by Crippen LogP contribution is 2.36. The van der Waals surface area contributed by atoms with Gasteiger partial charge in [-0.1, -0.05) is 0 Å². The predicted molar refractivity (Wildman–Crippen MR) is 109 cm³/mol. The average molecular weight is 382 g/mol. The number of amides is 2. The number of hydrogen-bond donors (Lipinski definition) is 3. The van der Waals surface area contributed by atoms with Gasteiger partial charge < -0.3 is 25.3 Å². The summed E-state index contributed by atoms with van der Waals surface area (Å²) in [5.74, 6) is 2.32. The second-order valence-electron chi connectivity index (χ2n) is 8.27. The first-order chi connectivity index (χ1) is 13.3. The lowest BCUT2D eigenvalue weighted by atomic mass is 9.93. The first kappa shape index (κ1) is 18.3. The molecule has 28 heavy (non-hydrogen) atoms. The van der Waals surface area contributed by atoms with E-state index in [1.54, 1.807) is 12.5 Å². The number of nitrogens with zero attached hydrogens (tertiary/aromatic N) is 3. The zero-order valence-corrected chi connectivity index (χ0v) is 16.5. The number of anilines is 2. The van der Waals surface area contributed by atoms with Gasteiger partial charge in [-0.3, -0.25) is 4.99 Å². The summed E-state index contributed by atoms with van der Waals surface area (Å²) in [7, 11) is 0. The van der Waals surface area contributed by atoms with Crippen molar-refractivity contribution in [1.82, 2.24) is 15.2 Å². The van der Waals surface area contributed by atoms with Crippen molar-refractivity contribution in [1.29, 1.82) is 0 Å². The van der Waals surface area contributed by atoms with E-state index in [2.05, 4.69) is 41.7 Å². The van der Waals surface area contributed by atoms with Crippen LogP contribution in [-0.2, 0) is 6.54 Å². The first-order valence-electron chi connectivity index (χ1n) is 9.50. The Morgan fingerprint density at radius 1 is 1.39 bits per heavy atom. The third kappa shape index (κ3) is 3.67. The van der Waals surface area contributed by atoms with Crippen molar-refractivity contribution >= 4 is 23.4 Å². The third-order valence-electron chi connectivity index (χ3n) is 4.87. The maximum Gasteiger partial charge on any atom is 0.317 e. The standard InChI is InChI=1S/C20H26N6O2/c1-19(2,3)25-17-20(24-15-7-4-9-21-16(15)23-17)8-10-26(13-20)18(27)22-12-14-6-5-11-28-14/h4-7,9,11,24H,8,10,12-13H2,1-3H3,(H,22,27)(H,21,23,25). The monoisotopic (exact) mass is 382 g/mol. The van der Waals surface area contributed by atoms with Gasteiger partial charge in [0.05, 0.1) is 30.6 Å². The number of carbonyl (C=O) groups is 1. The smallest absolute Gasteiger partial charge is 0.317 e. The van der Waals surface area contributed by atoms with Crippen molar-refractivity contribution in [3.05, 3.63) is 42.5 Å². The Morgan fingerprint density at radius 2 is 2.25 bits per heavy atom. The average Bonchev–Trinajstić information content (AvgIpc) is 3.30. The molecule has 0 saturated carbocycles. The van der Waals surface area contributed by atoms with Gasteiger partial charge in [-0.15, -0.1) is 0 Å². The zero-order chi connectivity index (χ0) is 19.8. The van der Waals surface area contributed by atoms with Crippen LogP contribution in [0.25, 0.3) is 0 Å². The fourth-order valence-corrected chi connectivity index (χ4v) is 3.59. The number of amidine groups is 1. The lowest BCUT2D eigenvalue weighted by Gasteiger charge is -2.39. The molecule has 1 spiro atoms. The Kier molecular flexibility index (Phi) is 4.49. The quantitative estimate of drug-likeness (QED) is 0.742. The van der Waals surface area contributed by atoms with Gasteiger partial charge in [0.1, 0.15) is 17.1 Å². The molecule has 4 heterocycles. The van der Waals surface area contributed by atoms with Gasteiger partial charge in [-0.2, -0.15) is 0 Å². The van der Waals surface area contributed by atoms with Crippen LogP contribution in [-0.4, -0.2) is 45.9 Å². The van der Waals surface area contributed by atoms with Crippen LogP contribution in [0, 0.1) is 0 Å². The van der Waals surface area contributed by atoms with Crippen molar-refractivity contribution in [2.24, 2.45) is 4.99 Å². The highest BCUT2D eigenvalue weighted by atomic mass is 16.3. The van der Waals surface area contributed by atoms with Crippen LogP contribution in [0.1, 0.15) is 33.0 Å². The van der Waals surface area contributed by atoms with Crippen molar-refractivity contribution < 1.29 is 9.21 Å². The molecule has 8 heteroatoms. The second kappa shape index (κ2) is 6.85. The summed E-state index contributed by atoms with van der Waals surface area (Å²) in [6, 6.07) is 7.43. The van der Waals surface area contributed by atoms with E-state index in [-0.39, 0.29) is 11.6 Å². The SMILES string of the molecule is CC(C)(C)N=C1Nc2ncccc2NC12CCN(C(=O)NCc1ccco1)C2. The van der Waals surface area contributed by atoms with E-state index in [9.17, 15) is 4.79 Å². The number of likely N-dealkylation sites (tertiary alicyclic amines) is 1. The molecule has 8 nitrogen and oxygen atoms in total. The minimum absolute atomic E-state index is 0.109. The first-order valence-corrected chi connectivity index (χ1v) is 9.50. The van der Waals surface area contributed by atoms with Crippen LogP contribution in [0.15, 0.2) is 46.1 Å². The summed E-state index contributed by atoms with van der Waals surface area (Å²) in [5.41, 5.74) is 0.219. The van der Waals surface area contributed by atoms with Gasteiger partial charge in [0, 0.05) is 12.7 Å². The van der Waals surface area contributed by atoms with Gasteiger partial charge in [-0.25, -0.2) is 9.78 Å². The molecule has 0 aliphatic carbocycles. The molecule has 2 aliphatic heterocycles. The minimum atomic E-state index is -0.453. The van der Waals surface area contributed by atoms with E-state index in [1.807, 2.05) is 29.2 Å². The predicted octanol–water partition coefficient (Wildman–Crippen LogP) is 3.06. The Hall–Kier alpha value is -3.03. The highest BCUT2D eigenvalue weighted by Gasteiger charge is 2.47. The molecule has 2 aromatic rings. The maximum absolute atomic E-state index is 12.7. The maximum atomic E-state index is 12.7. The number of urea groups is 1. The molecule has 2 amide bonds. The topological polar surface area (TPSA) is 94.8 Å². The number of pyridine rings is 1. The molecular formula is C20H26N6O2. The van der Waals surface area contributed by atoms with Crippen molar-refractivity contribution in [3.63, 3.8) is 0 Å². The van der Waals surface area contributed by atoms with E-state index < -0.39 is 5.54 Å². The van der Waals surface area contributed by atoms with E-state index in [0.29, 0.717) is 19.6 Å². The normalized spacial score (nSPS) is 22.7. The molecule has 0 aromatic carbocycles. The zero-order valence-electron chi connectivity index (χ0n) is 16.5. The number of aromatic nitrogens is 1. The molecule has 1 atom stereocenters. The van der Waals surface area contributed by atoms with Gasteiger partial charge in [0.2, 0.25) is 0 Å². The number of furan rings is 1. The molecule has 1 fully saturated rings. The van der Waals surface area contributed by atoms with Gasteiger partial charge in [-0.05, 0) is 51.5 Å². The molecule has 3 N–H and O–H groups in total. The van der Waals surface area contributed by atoms with Gasteiger partial charge >= 0.3 is 6.03 Å². The number of fused-ring (bicyclic) bond motifs is 1. The van der Waals surface area contributed by atoms with Gasteiger partial charge in [0.25, 0.3) is 0 Å². The summed E-state index contributed by atoms with van der Waals surface area (Å²) < 4.78 is 5.29. The number of aliphatic imine (C=N–C) groups is 1. The van der Waals surface area contributed by atoms with Crippen LogP contribution < -0.4 is 16.0 Å². The van der Waals surface area contributed by atoms with Gasteiger partial charge in [0.15, 0.2) is 5.82 Å². The Bertz CT molecular complexity index is 886. The van der Waals surface area contributed by atoms with E-state index in [4.69, 9.17) is 9.41 Å². The molecule has 2 aromatic heterocycles. The molecule has 0 bridgehead atoms. The molecule has 2 aliphatic rings. The summed E-state index contributed by atoms with van der Waals surface area (Å²) >= 11 is 0. The fraction of sp³-hybridized carbons (Fsp3) is 0.450. The van der Waals surface area contributed by atoms with Crippen LogP contribution in [0.5, 0.6) is 0 Å². The van der Waals surface area contributed by atoms with E-state index >= 15 is 0 Å². The van der Waals surface area contributed by atoms with Crippen LogP contribution in [0.2, 0.25) is 0 Å². The summed E-state index contributed by atoms with van der Waals surface area (Å²) in [6.45, 7) is 7.71. The summed E-state index contributed by atoms with van der Waals surface area (Å²) in [4.78, 5) is 23.8. The van der Waals surface area contributed by atoms with Crippen LogP contribution in [0.4, 0.5) is 16.3 Å². The largest absolute Gasteiger partial charge is 0.467 e. The fourth-order valence-electron chi connectivity index (χ4n) is 3.59. The Labute approximate surface area is 164 Å². The molecule has 0 radical (unpaired) electrons. The Balaban J connectivity index is 1.55. The number of hydrogen-bond acceptors (Lipinski definition) is 5. The molecule has 148 valence electrons. The molecule has 1 saturated heterocycles. The Morgan fingerprint density at radius 3 is 3.00 bits per heavy atom. The van der Waals surface area contributed by atoms with Crippen molar-refractivity contribution in [2.75, 3.05) is 23.7 Å². The third-order valence-corrected chi connectivity index (χ3v) is 4.87. The molecule has 4 rings (SSSR count). The van der Waals surface area contributed by atoms with Crippen LogP contribution >= 0.6 is 0 Å². The lowest BCUT2D eigenvalue weighted by Crippen LogP contribution is -2.56. The summed E-state index contributed by atoms with van der Waals surface area (Å²) in [5, 5.41) is 9.93. The number of carbonyl (C=O) groups excluding carboxylic acids is 1. The van der Waals surface area contributed by atoms with Crippen molar-refractivity contribution in [3.8, 4) is 0 Å².